The highest BCUT2D eigenvalue weighted by atomic mass is 79.9. The second-order valence-electron chi connectivity index (χ2n) is 4.31. The van der Waals surface area contributed by atoms with E-state index in [-0.39, 0.29) is 0 Å². The summed E-state index contributed by atoms with van der Waals surface area (Å²) in [4.78, 5) is 0. The average Bonchev–Trinajstić information content (AvgIpc) is 2.73. The summed E-state index contributed by atoms with van der Waals surface area (Å²) >= 11 is 3.37. The number of halogens is 1. The molecule has 0 bridgehead atoms. The van der Waals surface area contributed by atoms with E-state index in [1.807, 2.05) is 18.2 Å². The molecule has 1 fully saturated rings. The van der Waals surface area contributed by atoms with Gasteiger partial charge in [-0.05, 0) is 31.5 Å². The van der Waals surface area contributed by atoms with E-state index in [1.165, 1.54) is 0 Å². The van der Waals surface area contributed by atoms with Gasteiger partial charge in [0.05, 0.1) is 17.4 Å². The van der Waals surface area contributed by atoms with Crippen molar-refractivity contribution >= 4 is 21.6 Å². The molecule has 1 aromatic rings. The van der Waals surface area contributed by atoms with Crippen molar-refractivity contribution < 1.29 is 4.74 Å². The van der Waals surface area contributed by atoms with E-state index in [0.717, 1.165) is 29.7 Å². The Balaban J connectivity index is 2.01. The maximum Gasteiger partial charge on any atom is 0.101 e. The lowest BCUT2D eigenvalue weighted by atomic mass is 10.0. The number of benzene rings is 1. The van der Waals surface area contributed by atoms with E-state index in [4.69, 9.17) is 10.00 Å². The third kappa shape index (κ3) is 2.99. The molecule has 1 N–H and O–H groups in total. The standard InChI is InChI=1S/C13H15BrN2O/c1-9-10(4-5-17-9)8-16-13-3-2-12(14)6-11(13)7-15/h2-3,6,9-10,16H,4-5,8H2,1H3. The Labute approximate surface area is 110 Å². The molecule has 17 heavy (non-hydrogen) atoms. The van der Waals surface area contributed by atoms with Gasteiger partial charge < -0.3 is 10.1 Å². The lowest BCUT2D eigenvalue weighted by Gasteiger charge is -2.16. The summed E-state index contributed by atoms with van der Waals surface area (Å²) in [5.41, 5.74) is 1.57. The van der Waals surface area contributed by atoms with Gasteiger partial charge in [0.15, 0.2) is 0 Å². The van der Waals surface area contributed by atoms with Crippen LogP contribution in [-0.4, -0.2) is 19.3 Å². The van der Waals surface area contributed by atoms with E-state index in [9.17, 15) is 0 Å². The molecule has 90 valence electrons. The van der Waals surface area contributed by atoms with Crippen LogP contribution in [0.4, 0.5) is 5.69 Å². The second-order valence-corrected chi connectivity index (χ2v) is 5.22. The van der Waals surface area contributed by atoms with Crippen molar-refractivity contribution in [1.82, 2.24) is 0 Å². The van der Waals surface area contributed by atoms with Crippen LogP contribution in [0.5, 0.6) is 0 Å². The first-order chi connectivity index (χ1) is 8.20. The summed E-state index contributed by atoms with van der Waals surface area (Å²) < 4.78 is 6.44. The number of ether oxygens (including phenoxy) is 1. The fourth-order valence-corrected chi connectivity index (χ4v) is 2.41. The van der Waals surface area contributed by atoms with Crippen LogP contribution in [0.1, 0.15) is 18.9 Å². The van der Waals surface area contributed by atoms with Crippen molar-refractivity contribution in [2.24, 2.45) is 5.92 Å². The van der Waals surface area contributed by atoms with Crippen LogP contribution in [0.25, 0.3) is 0 Å². The molecule has 3 nitrogen and oxygen atoms in total. The molecule has 1 heterocycles. The molecule has 2 atom stereocenters. The van der Waals surface area contributed by atoms with Crippen LogP contribution in [-0.2, 0) is 4.74 Å². The molecule has 1 saturated heterocycles. The minimum atomic E-state index is 0.309. The number of nitriles is 1. The zero-order chi connectivity index (χ0) is 12.3. The molecule has 0 radical (unpaired) electrons. The van der Waals surface area contributed by atoms with E-state index >= 15 is 0 Å². The summed E-state index contributed by atoms with van der Waals surface area (Å²) in [5.74, 6) is 0.533. The number of nitrogens with zero attached hydrogens (tertiary/aromatic N) is 1. The van der Waals surface area contributed by atoms with Gasteiger partial charge in [-0.3, -0.25) is 0 Å². The minimum absolute atomic E-state index is 0.309. The summed E-state index contributed by atoms with van der Waals surface area (Å²) in [6.07, 6.45) is 1.40. The van der Waals surface area contributed by atoms with Gasteiger partial charge in [0.25, 0.3) is 0 Å². The Morgan fingerprint density at radius 3 is 3.06 bits per heavy atom. The van der Waals surface area contributed by atoms with Crippen LogP contribution >= 0.6 is 15.9 Å². The first-order valence-corrected chi connectivity index (χ1v) is 6.55. The van der Waals surface area contributed by atoms with E-state index < -0.39 is 0 Å². The summed E-state index contributed by atoms with van der Waals surface area (Å²) in [5, 5.41) is 12.4. The van der Waals surface area contributed by atoms with E-state index in [2.05, 4.69) is 34.2 Å². The Morgan fingerprint density at radius 1 is 1.59 bits per heavy atom. The summed E-state index contributed by atoms with van der Waals surface area (Å²) in [6.45, 7) is 3.81. The van der Waals surface area contributed by atoms with Gasteiger partial charge in [0.2, 0.25) is 0 Å². The van der Waals surface area contributed by atoms with Gasteiger partial charge in [0.1, 0.15) is 6.07 Å². The molecular formula is C13H15BrN2O. The number of rotatable bonds is 3. The van der Waals surface area contributed by atoms with Crippen LogP contribution in [0.15, 0.2) is 22.7 Å². The van der Waals surface area contributed by atoms with Gasteiger partial charge in [-0.2, -0.15) is 5.26 Å². The highest BCUT2D eigenvalue weighted by molar-refractivity contribution is 9.10. The van der Waals surface area contributed by atoms with Gasteiger partial charge in [0, 0.05) is 23.5 Å². The fourth-order valence-electron chi connectivity index (χ4n) is 2.05. The maximum absolute atomic E-state index is 9.05. The van der Waals surface area contributed by atoms with Crippen LogP contribution in [0, 0.1) is 17.2 Å². The molecule has 1 aliphatic rings. The van der Waals surface area contributed by atoms with E-state index in [1.54, 1.807) is 0 Å². The Bertz CT molecular complexity index is 442. The van der Waals surface area contributed by atoms with Crippen LogP contribution < -0.4 is 5.32 Å². The molecule has 2 unspecified atom stereocenters. The number of hydrogen-bond donors (Lipinski definition) is 1. The van der Waals surface area contributed by atoms with Crippen molar-refractivity contribution in [3.8, 4) is 6.07 Å². The monoisotopic (exact) mass is 294 g/mol. The third-order valence-corrected chi connectivity index (χ3v) is 3.68. The number of hydrogen-bond acceptors (Lipinski definition) is 3. The maximum atomic E-state index is 9.05. The third-order valence-electron chi connectivity index (χ3n) is 3.19. The number of anilines is 1. The predicted octanol–water partition coefficient (Wildman–Crippen LogP) is 3.16. The lowest BCUT2D eigenvalue weighted by Crippen LogP contribution is -2.21. The molecular weight excluding hydrogens is 280 g/mol. The van der Waals surface area contributed by atoms with Gasteiger partial charge in [-0.25, -0.2) is 0 Å². The van der Waals surface area contributed by atoms with Gasteiger partial charge >= 0.3 is 0 Å². The zero-order valence-corrected chi connectivity index (χ0v) is 11.3. The van der Waals surface area contributed by atoms with Crippen molar-refractivity contribution in [3.05, 3.63) is 28.2 Å². The minimum Gasteiger partial charge on any atom is -0.384 e. The zero-order valence-electron chi connectivity index (χ0n) is 9.74. The topological polar surface area (TPSA) is 45.0 Å². The van der Waals surface area contributed by atoms with Crippen molar-refractivity contribution in [2.75, 3.05) is 18.5 Å². The lowest BCUT2D eigenvalue weighted by molar-refractivity contribution is 0.108. The van der Waals surface area contributed by atoms with Gasteiger partial charge in [-0.15, -0.1) is 0 Å². The largest absolute Gasteiger partial charge is 0.384 e. The molecule has 1 aliphatic heterocycles. The smallest absolute Gasteiger partial charge is 0.101 e. The SMILES string of the molecule is CC1OCCC1CNc1ccc(Br)cc1C#N. The van der Waals surface area contributed by atoms with Crippen LogP contribution in [0.2, 0.25) is 0 Å². The molecule has 2 rings (SSSR count). The van der Waals surface area contributed by atoms with Crippen molar-refractivity contribution in [1.29, 1.82) is 5.26 Å². The molecule has 0 saturated carbocycles. The highest BCUT2D eigenvalue weighted by Gasteiger charge is 2.23. The quantitative estimate of drug-likeness (QED) is 0.931. The summed E-state index contributed by atoms with van der Waals surface area (Å²) in [7, 11) is 0. The molecule has 0 aliphatic carbocycles. The Morgan fingerprint density at radius 2 is 2.41 bits per heavy atom. The highest BCUT2D eigenvalue weighted by Crippen LogP contribution is 2.24. The number of nitrogens with one attached hydrogen (secondary N) is 1. The second kappa shape index (κ2) is 5.52. The molecule has 0 aromatic heterocycles. The fraction of sp³-hybridized carbons (Fsp3) is 0.462. The first-order valence-electron chi connectivity index (χ1n) is 5.76. The van der Waals surface area contributed by atoms with E-state index in [0.29, 0.717) is 17.6 Å². The van der Waals surface area contributed by atoms with Crippen molar-refractivity contribution in [2.45, 2.75) is 19.4 Å². The average molecular weight is 295 g/mol. The molecule has 4 heteroatoms. The Hall–Kier alpha value is -1.05. The predicted molar refractivity (Wildman–Crippen MR) is 70.9 cm³/mol. The van der Waals surface area contributed by atoms with Gasteiger partial charge in [-0.1, -0.05) is 15.9 Å². The van der Waals surface area contributed by atoms with Crippen LogP contribution in [0.3, 0.4) is 0 Å². The van der Waals surface area contributed by atoms with Crippen molar-refractivity contribution in [3.63, 3.8) is 0 Å². The first kappa shape index (κ1) is 12.4. The normalized spacial score (nSPS) is 23.4. The molecule has 0 spiro atoms. The summed E-state index contributed by atoms with van der Waals surface area (Å²) in [6, 6.07) is 7.91. The Kier molecular flexibility index (Phi) is 4.03. The molecule has 0 amide bonds. The molecule has 1 aromatic carbocycles.